The van der Waals surface area contributed by atoms with Crippen molar-refractivity contribution >= 4 is 40.2 Å². The Labute approximate surface area is 268 Å². The van der Waals surface area contributed by atoms with Gasteiger partial charge in [0.2, 0.25) is 11.5 Å². The minimum Gasteiger partial charge on any atom is -0.489 e. The summed E-state index contributed by atoms with van der Waals surface area (Å²) in [6, 6.07) is 8.20. The van der Waals surface area contributed by atoms with Crippen LogP contribution in [0.2, 0.25) is 5.02 Å². The van der Waals surface area contributed by atoms with Gasteiger partial charge in [0.05, 0.1) is 17.3 Å². The maximum absolute atomic E-state index is 14.8. The molecule has 2 atom stereocenters. The van der Waals surface area contributed by atoms with E-state index in [1.165, 1.54) is 25.3 Å². The summed E-state index contributed by atoms with van der Waals surface area (Å²) in [5, 5.41) is 13.4. The third-order valence-electron chi connectivity index (χ3n) is 7.72. The van der Waals surface area contributed by atoms with Gasteiger partial charge in [-0.2, -0.15) is 13.2 Å². The van der Waals surface area contributed by atoms with Crippen LogP contribution in [-0.4, -0.2) is 58.7 Å². The highest BCUT2D eigenvalue weighted by Gasteiger charge is 2.57. The average Bonchev–Trinajstić information content (AvgIpc) is 3.36. The zero-order valence-corrected chi connectivity index (χ0v) is 25.4. The monoisotopic (exact) mass is 675 g/mol. The number of primary amides is 2. The van der Waals surface area contributed by atoms with E-state index in [2.05, 4.69) is 15.3 Å². The number of halogens is 5. The van der Waals surface area contributed by atoms with Crippen molar-refractivity contribution in [2.45, 2.75) is 31.0 Å². The molecular formula is C31H26ClF4N5O6. The summed E-state index contributed by atoms with van der Waals surface area (Å²) in [4.78, 5) is 45.4. The molecular weight excluding hydrogens is 650 g/mol. The number of carbonyl (C=O) groups excluding carboxylic acids is 3. The van der Waals surface area contributed by atoms with E-state index in [0.29, 0.717) is 10.9 Å². The Bertz CT molecular complexity index is 1960. The van der Waals surface area contributed by atoms with Crippen molar-refractivity contribution in [2.24, 2.45) is 11.5 Å². The van der Waals surface area contributed by atoms with Crippen molar-refractivity contribution in [1.82, 2.24) is 15.3 Å². The smallest absolute Gasteiger partial charge is 0.424 e. The number of nitrogens with two attached hydrogens (primary N) is 2. The fourth-order valence-electron chi connectivity index (χ4n) is 5.00. The summed E-state index contributed by atoms with van der Waals surface area (Å²) in [5.41, 5.74) is 4.65. The van der Waals surface area contributed by atoms with Crippen molar-refractivity contribution in [1.29, 1.82) is 0 Å². The Balaban J connectivity index is 1.59. The number of aromatic nitrogens is 2. The number of rotatable bonds is 9. The first kappa shape index (κ1) is 33.3. The number of hydrogen-bond acceptors (Lipinski definition) is 8. The zero-order chi connectivity index (χ0) is 34.5. The van der Waals surface area contributed by atoms with Gasteiger partial charge in [0.1, 0.15) is 40.5 Å². The number of aliphatic hydroxyl groups is 1. The van der Waals surface area contributed by atoms with Crippen LogP contribution in [0.5, 0.6) is 11.5 Å². The van der Waals surface area contributed by atoms with E-state index in [1.54, 1.807) is 13.0 Å². The fraction of sp³-hybridized carbons (Fsp3) is 0.258. The molecule has 16 heteroatoms. The van der Waals surface area contributed by atoms with E-state index in [4.69, 9.17) is 32.5 Å². The summed E-state index contributed by atoms with van der Waals surface area (Å²) in [7, 11) is 0. The number of amides is 3. The first-order valence-electron chi connectivity index (χ1n) is 13.8. The number of alkyl halides is 3. The minimum atomic E-state index is -5.44. The van der Waals surface area contributed by atoms with Crippen LogP contribution in [0, 0.1) is 12.7 Å². The number of hydrogen-bond donors (Lipinski definition) is 4. The number of nitrogens with one attached hydrogen (secondary N) is 1. The van der Waals surface area contributed by atoms with E-state index in [0.717, 1.165) is 24.3 Å². The van der Waals surface area contributed by atoms with Crippen LogP contribution in [0.3, 0.4) is 0 Å². The number of nitrogens with zero attached hydrogens (tertiary/aromatic N) is 2. The first-order valence-corrected chi connectivity index (χ1v) is 14.2. The van der Waals surface area contributed by atoms with Gasteiger partial charge in [0, 0.05) is 28.3 Å². The van der Waals surface area contributed by atoms with Crippen molar-refractivity contribution < 1.29 is 46.5 Å². The zero-order valence-electron chi connectivity index (χ0n) is 24.7. The molecule has 0 radical (unpaired) electrons. The Morgan fingerprint density at radius 2 is 1.87 bits per heavy atom. The van der Waals surface area contributed by atoms with Gasteiger partial charge < -0.3 is 31.4 Å². The van der Waals surface area contributed by atoms with Crippen LogP contribution >= 0.6 is 11.6 Å². The predicted octanol–water partition coefficient (Wildman–Crippen LogP) is 3.58. The third kappa shape index (κ3) is 6.11. The molecule has 2 aromatic carbocycles. The van der Waals surface area contributed by atoms with Crippen LogP contribution in [0.1, 0.15) is 34.1 Å². The number of ether oxygens (including phenoxy) is 2. The predicted molar refractivity (Wildman–Crippen MR) is 160 cm³/mol. The number of benzene rings is 2. The quantitative estimate of drug-likeness (QED) is 0.194. The van der Waals surface area contributed by atoms with Crippen LogP contribution in [0.4, 0.5) is 17.6 Å². The Morgan fingerprint density at radius 1 is 1.15 bits per heavy atom. The maximum Gasteiger partial charge on any atom is 0.424 e. The lowest BCUT2D eigenvalue weighted by molar-refractivity contribution is -0.265. The van der Waals surface area contributed by atoms with Gasteiger partial charge in [-0.3, -0.25) is 19.4 Å². The lowest BCUT2D eigenvalue weighted by Gasteiger charge is -2.31. The standard InChI is InChI=1S/C31H26ClF4N5O6/c1-14-5-16-6-17(8-21(24(16)39-10-14)46-11-23(37)42)27(43)40-12-30(45,31(34,35)36)22-9-18-26(47-13-29(18,2)28(38)44)25(41-22)15-3-4-20(33)19(32)7-15/h3-10,45H,11-13H2,1-2H3,(H2,37,42)(H2,38,44)(H,40,43)/t29-,30?/m0/s1. The van der Waals surface area contributed by atoms with Crippen LogP contribution in [0.25, 0.3) is 22.2 Å². The molecule has 6 N–H and O–H groups in total. The second-order valence-corrected chi connectivity index (χ2v) is 11.6. The molecule has 3 heterocycles. The maximum atomic E-state index is 14.8. The van der Waals surface area contributed by atoms with E-state index in [-0.39, 0.29) is 51.0 Å². The molecule has 4 aromatic rings. The average molecular weight is 676 g/mol. The number of pyridine rings is 2. The Hall–Kier alpha value is -5.02. The largest absolute Gasteiger partial charge is 0.489 e. The summed E-state index contributed by atoms with van der Waals surface area (Å²) in [5.74, 6) is -3.78. The highest BCUT2D eigenvalue weighted by atomic mass is 35.5. The lowest BCUT2D eigenvalue weighted by atomic mass is 9.81. The van der Waals surface area contributed by atoms with Crippen LogP contribution in [-0.2, 0) is 20.6 Å². The normalized spacial score (nSPS) is 17.0. The molecule has 2 aromatic heterocycles. The second-order valence-electron chi connectivity index (χ2n) is 11.2. The van der Waals surface area contributed by atoms with Gasteiger partial charge >= 0.3 is 6.18 Å². The molecule has 0 fully saturated rings. The highest BCUT2D eigenvalue weighted by Crippen LogP contribution is 2.48. The molecule has 47 heavy (non-hydrogen) atoms. The van der Waals surface area contributed by atoms with E-state index >= 15 is 0 Å². The van der Waals surface area contributed by atoms with E-state index in [9.17, 15) is 37.1 Å². The number of fused-ring (bicyclic) bond motifs is 2. The fourth-order valence-corrected chi connectivity index (χ4v) is 5.18. The lowest BCUT2D eigenvalue weighted by Crippen LogP contribution is -2.51. The topological polar surface area (TPSA) is 180 Å². The van der Waals surface area contributed by atoms with Gasteiger partial charge in [0.15, 0.2) is 6.61 Å². The summed E-state index contributed by atoms with van der Waals surface area (Å²) in [6.07, 6.45) is -3.93. The molecule has 1 aliphatic heterocycles. The molecule has 0 bridgehead atoms. The SMILES string of the molecule is Cc1cnc2c(OCC(N)=O)cc(C(=O)NCC(O)(c3cc4c(c(-c5ccc(F)c(Cl)c5)n3)OC[C@]4(C)C(N)=O)C(F)(F)F)cc2c1. The molecule has 3 amide bonds. The molecule has 5 rings (SSSR count). The molecule has 246 valence electrons. The molecule has 0 saturated carbocycles. The summed E-state index contributed by atoms with van der Waals surface area (Å²) < 4.78 is 69.4. The Morgan fingerprint density at radius 3 is 2.51 bits per heavy atom. The van der Waals surface area contributed by atoms with Crippen LogP contribution < -0.4 is 26.3 Å². The third-order valence-corrected chi connectivity index (χ3v) is 8.01. The molecule has 1 aliphatic rings. The van der Waals surface area contributed by atoms with Gasteiger partial charge in [-0.25, -0.2) is 9.37 Å². The van der Waals surface area contributed by atoms with Crippen molar-refractivity contribution in [2.75, 3.05) is 19.8 Å². The first-order chi connectivity index (χ1) is 21.9. The van der Waals surface area contributed by atoms with Crippen molar-refractivity contribution in [3.63, 3.8) is 0 Å². The van der Waals surface area contributed by atoms with Crippen LogP contribution in [0.15, 0.2) is 48.7 Å². The van der Waals surface area contributed by atoms with Crippen molar-refractivity contribution in [3.8, 4) is 22.8 Å². The van der Waals surface area contributed by atoms with Crippen molar-refractivity contribution in [3.05, 3.63) is 81.9 Å². The number of carbonyl (C=O) groups is 3. The molecule has 11 nitrogen and oxygen atoms in total. The van der Waals surface area contributed by atoms with Gasteiger partial charge in [0.25, 0.3) is 11.8 Å². The molecule has 1 unspecified atom stereocenters. The molecule has 0 spiro atoms. The van der Waals surface area contributed by atoms with E-state index in [1.807, 2.05) is 0 Å². The Kier molecular flexibility index (Phi) is 8.49. The minimum absolute atomic E-state index is 0.0142. The van der Waals surface area contributed by atoms with E-state index < -0.39 is 59.6 Å². The summed E-state index contributed by atoms with van der Waals surface area (Å²) >= 11 is 5.93. The highest BCUT2D eigenvalue weighted by molar-refractivity contribution is 6.31. The molecule has 0 aliphatic carbocycles. The second kappa shape index (κ2) is 12.0. The van der Waals surface area contributed by atoms with Gasteiger partial charge in [-0.15, -0.1) is 0 Å². The molecule has 0 saturated heterocycles. The summed E-state index contributed by atoms with van der Waals surface area (Å²) in [6.45, 7) is 0.694. The number of aryl methyl sites for hydroxylation is 1. The van der Waals surface area contributed by atoms with Gasteiger partial charge in [-0.05, 0) is 61.9 Å². The van der Waals surface area contributed by atoms with Gasteiger partial charge in [-0.1, -0.05) is 11.6 Å².